The van der Waals surface area contributed by atoms with Crippen molar-refractivity contribution in [2.75, 3.05) is 13.7 Å². The summed E-state index contributed by atoms with van der Waals surface area (Å²) in [6, 6.07) is 5.97. The van der Waals surface area contributed by atoms with Crippen molar-refractivity contribution < 1.29 is 46.7 Å². The summed E-state index contributed by atoms with van der Waals surface area (Å²) < 4.78 is 31.4. The Morgan fingerprint density at radius 1 is 0.816 bits per heavy atom. The van der Waals surface area contributed by atoms with Gasteiger partial charge >= 0.3 is 5.97 Å². The van der Waals surface area contributed by atoms with E-state index in [9.17, 15) is 42.0 Å². The monoisotopic (exact) mass is 719 g/mol. The fourth-order valence-electron chi connectivity index (χ4n) is 4.94. The summed E-state index contributed by atoms with van der Waals surface area (Å²) in [6.07, 6.45) is 0.799. The number of likely N-dealkylation sites (tertiary alicyclic amines) is 1. The van der Waals surface area contributed by atoms with Crippen LogP contribution in [0.4, 0.5) is 0 Å². The van der Waals surface area contributed by atoms with Crippen molar-refractivity contribution >= 4 is 62.9 Å². The Bertz CT molecular complexity index is 1710. The first kappa shape index (κ1) is 38.6. The highest BCUT2D eigenvalue weighted by Gasteiger charge is 2.39. The van der Waals surface area contributed by atoms with Crippen LogP contribution in [0.5, 0.6) is 0 Å². The zero-order valence-electron chi connectivity index (χ0n) is 27.4. The van der Waals surface area contributed by atoms with Crippen molar-refractivity contribution in [3.63, 3.8) is 0 Å². The molecule has 0 aromatic heterocycles. The number of hydrogen-bond donors (Lipinski definition) is 4. The minimum Gasteiger partial charge on any atom is -0.463 e. The molecule has 1 unspecified atom stereocenters. The molecule has 15 nitrogen and oxygen atoms in total. The van der Waals surface area contributed by atoms with E-state index < -0.39 is 81.4 Å². The van der Waals surface area contributed by atoms with Crippen LogP contribution < -0.4 is 20.7 Å². The highest BCUT2D eigenvalue weighted by Crippen LogP contribution is 2.20. The van der Waals surface area contributed by atoms with E-state index in [1.165, 1.54) is 67.3 Å². The second-order valence-corrected chi connectivity index (χ2v) is 13.8. The largest absolute Gasteiger partial charge is 0.463 e. The van der Waals surface area contributed by atoms with Crippen LogP contribution in [-0.4, -0.2) is 92.4 Å². The molecule has 5 amide bonds. The van der Waals surface area contributed by atoms with Gasteiger partial charge < -0.3 is 25.6 Å². The number of sulfonamides is 1. The zero-order chi connectivity index (χ0) is 36.6. The maximum Gasteiger partial charge on any atom is 0.376 e. The zero-order valence-corrected chi connectivity index (χ0v) is 29.0. The molecule has 4 atom stereocenters. The van der Waals surface area contributed by atoms with Gasteiger partial charge in [0.15, 0.2) is 0 Å². The minimum absolute atomic E-state index is 0.0455. The fraction of sp³-hybridized carbons (Fsp3) is 0.406. The molecule has 1 saturated heterocycles. The Labute approximate surface area is 288 Å². The molecule has 1 aliphatic heterocycles. The van der Waals surface area contributed by atoms with Crippen LogP contribution in [0.1, 0.15) is 61.3 Å². The Morgan fingerprint density at radius 3 is 1.94 bits per heavy atom. The van der Waals surface area contributed by atoms with Crippen LogP contribution in [0.25, 0.3) is 0 Å². The third-order valence-corrected chi connectivity index (χ3v) is 9.30. The first-order valence-electron chi connectivity index (χ1n) is 15.2. The molecular formula is C32H38ClN5O10S. The summed E-state index contributed by atoms with van der Waals surface area (Å²) in [5.41, 5.74) is 0.0214. The molecule has 2 aromatic rings. The molecule has 3 rings (SSSR count). The van der Waals surface area contributed by atoms with Gasteiger partial charge in [-0.2, -0.15) is 0 Å². The summed E-state index contributed by atoms with van der Waals surface area (Å²) in [5.74, 6) is -5.93. The van der Waals surface area contributed by atoms with E-state index in [0.29, 0.717) is 17.9 Å². The number of ether oxygens (including phenoxy) is 1. The fourth-order valence-corrected chi connectivity index (χ4v) is 6.04. The van der Waals surface area contributed by atoms with Crippen LogP contribution in [-0.2, 0) is 38.7 Å². The number of esters is 1. The molecule has 1 aliphatic rings. The number of nitrogens with zero attached hydrogens (tertiary/aromatic N) is 1. The number of carbonyl (C=O) groups excluding carboxylic acids is 7. The van der Waals surface area contributed by atoms with Crippen molar-refractivity contribution in [2.45, 2.75) is 69.6 Å². The summed E-state index contributed by atoms with van der Waals surface area (Å²) in [5, 5.41) is 7.89. The number of nitrogens with one attached hydrogen (secondary N) is 4. The van der Waals surface area contributed by atoms with Gasteiger partial charge in [-0.1, -0.05) is 25.4 Å². The lowest BCUT2D eigenvalue weighted by Crippen LogP contribution is -2.57. The van der Waals surface area contributed by atoms with E-state index in [-0.39, 0.29) is 22.6 Å². The lowest BCUT2D eigenvalue weighted by molar-refractivity contribution is -0.153. The molecule has 1 heterocycles. The number of benzene rings is 2. The molecule has 0 aliphatic carbocycles. The van der Waals surface area contributed by atoms with Gasteiger partial charge in [0, 0.05) is 22.7 Å². The van der Waals surface area contributed by atoms with Crippen LogP contribution >= 0.6 is 11.6 Å². The van der Waals surface area contributed by atoms with Crippen LogP contribution in [0, 0.1) is 5.92 Å². The number of halogens is 1. The van der Waals surface area contributed by atoms with Crippen molar-refractivity contribution in [2.24, 2.45) is 5.92 Å². The summed E-state index contributed by atoms with van der Waals surface area (Å²) >= 11 is 5.78. The topological polar surface area (TPSA) is 214 Å². The first-order chi connectivity index (χ1) is 23.0. The third kappa shape index (κ3) is 9.85. The quantitative estimate of drug-likeness (QED) is 0.170. The van der Waals surface area contributed by atoms with Crippen molar-refractivity contribution in [1.29, 1.82) is 0 Å². The van der Waals surface area contributed by atoms with Crippen molar-refractivity contribution in [1.82, 2.24) is 25.6 Å². The average molecular weight is 720 g/mol. The van der Waals surface area contributed by atoms with Gasteiger partial charge in [-0.15, -0.1) is 0 Å². The SMILES string of the molecule is COC(=O)C(=O)[C@@H](NC(=O)C1CCCN1C(=O)[C@H](C)NC(=O)[C@H](C)NC(=O)c1ccc(C(=O)NS(=O)(=O)c2ccc(Cl)cc2)cc1)C(C)C. The molecule has 0 spiro atoms. The smallest absolute Gasteiger partial charge is 0.376 e. The van der Waals surface area contributed by atoms with E-state index in [2.05, 4.69) is 20.7 Å². The number of ketones is 1. The predicted octanol–water partition coefficient (Wildman–Crippen LogP) is 0.956. The van der Waals surface area contributed by atoms with Crippen LogP contribution in [0.2, 0.25) is 5.02 Å². The third-order valence-electron chi connectivity index (χ3n) is 7.70. The molecule has 264 valence electrons. The van der Waals surface area contributed by atoms with Crippen LogP contribution in [0.15, 0.2) is 53.4 Å². The van der Waals surface area contributed by atoms with E-state index in [1.54, 1.807) is 13.8 Å². The van der Waals surface area contributed by atoms with Crippen molar-refractivity contribution in [3.05, 3.63) is 64.7 Å². The molecule has 0 bridgehead atoms. The first-order valence-corrected chi connectivity index (χ1v) is 17.1. The van der Waals surface area contributed by atoms with Gasteiger partial charge in [0.1, 0.15) is 24.2 Å². The molecule has 49 heavy (non-hydrogen) atoms. The maximum atomic E-state index is 13.3. The summed E-state index contributed by atoms with van der Waals surface area (Å²) in [6.45, 7) is 6.34. The molecule has 17 heteroatoms. The van der Waals surface area contributed by atoms with Gasteiger partial charge in [0.2, 0.25) is 17.7 Å². The average Bonchev–Trinajstić information content (AvgIpc) is 3.56. The summed E-state index contributed by atoms with van der Waals surface area (Å²) in [4.78, 5) is 89.9. The highest BCUT2D eigenvalue weighted by molar-refractivity contribution is 7.90. The van der Waals surface area contributed by atoms with Crippen molar-refractivity contribution in [3.8, 4) is 0 Å². The lowest BCUT2D eigenvalue weighted by atomic mass is 9.99. The molecule has 1 fully saturated rings. The number of hydrogen-bond acceptors (Lipinski definition) is 10. The Hall–Kier alpha value is -4.83. The number of carbonyl (C=O) groups is 7. The van der Waals surface area contributed by atoms with Gasteiger partial charge in [-0.3, -0.25) is 28.8 Å². The van der Waals surface area contributed by atoms with Gasteiger partial charge in [-0.25, -0.2) is 17.9 Å². The number of amides is 5. The molecular weight excluding hydrogens is 682 g/mol. The number of rotatable bonds is 13. The maximum absolute atomic E-state index is 13.3. The lowest BCUT2D eigenvalue weighted by Gasteiger charge is -2.29. The van der Waals surface area contributed by atoms with Gasteiger partial charge in [0.05, 0.1) is 12.0 Å². The normalized spacial score (nSPS) is 16.1. The standard InChI is InChI=1S/C32H38ClN5O10S/c1-17(2)25(26(39)32(45)48-5)36-30(43)24-7-6-16-38(24)31(44)19(4)35-27(40)18(3)34-28(41)20-8-10-21(11-9-20)29(42)37-49(46,47)23-14-12-22(33)13-15-23/h8-15,17-19,24-25H,6-7,16H2,1-5H3,(H,34,41)(H,35,40)(H,36,43)(H,37,42)/t18-,19-,24?,25-/m0/s1. The van der Waals surface area contributed by atoms with Crippen LogP contribution in [0.3, 0.4) is 0 Å². The van der Waals surface area contributed by atoms with E-state index in [4.69, 9.17) is 11.6 Å². The second kappa shape index (κ2) is 16.5. The minimum atomic E-state index is -4.18. The summed E-state index contributed by atoms with van der Waals surface area (Å²) in [7, 11) is -3.12. The Kier molecular flexibility index (Phi) is 13.0. The second-order valence-electron chi connectivity index (χ2n) is 11.7. The Balaban J connectivity index is 1.56. The van der Waals surface area contributed by atoms with E-state index in [0.717, 1.165) is 7.11 Å². The number of methoxy groups -OCH3 is 1. The van der Waals surface area contributed by atoms with E-state index in [1.807, 2.05) is 4.72 Å². The molecule has 4 N–H and O–H groups in total. The van der Waals surface area contributed by atoms with E-state index >= 15 is 0 Å². The molecule has 0 radical (unpaired) electrons. The number of Topliss-reactive ketones (excluding diaryl/α,β-unsaturated/α-hetero) is 1. The van der Waals surface area contributed by atoms with Gasteiger partial charge in [0.25, 0.3) is 27.6 Å². The molecule has 2 aromatic carbocycles. The molecule has 0 saturated carbocycles. The van der Waals surface area contributed by atoms with Gasteiger partial charge in [-0.05, 0) is 81.1 Å². The Morgan fingerprint density at radius 2 is 1.39 bits per heavy atom. The predicted molar refractivity (Wildman–Crippen MR) is 176 cm³/mol. The highest BCUT2D eigenvalue weighted by atomic mass is 35.5.